The molecule has 0 aliphatic heterocycles. The van der Waals surface area contributed by atoms with Gasteiger partial charge in [0.1, 0.15) is 5.69 Å². The third-order valence-corrected chi connectivity index (χ3v) is 2.81. The van der Waals surface area contributed by atoms with E-state index in [4.69, 9.17) is 5.11 Å². The number of carboxylic acids is 1. The largest absolute Gasteiger partial charge is 0.477 e. The number of hydrogen-bond acceptors (Lipinski definition) is 3. The summed E-state index contributed by atoms with van der Waals surface area (Å²) in [6, 6.07) is 6.70. The summed E-state index contributed by atoms with van der Waals surface area (Å²) in [5, 5.41) is 14.2. The average Bonchev–Trinajstić information content (AvgIpc) is 2.81. The minimum Gasteiger partial charge on any atom is -0.477 e. The van der Waals surface area contributed by atoms with Crippen LogP contribution in [0.2, 0.25) is 0 Å². The highest BCUT2D eigenvalue weighted by atomic mass is 16.4. The number of aryl methyl sites for hydroxylation is 1. The van der Waals surface area contributed by atoms with Gasteiger partial charge in [-0.25, -0.2) is 9.59 Å². The quantitative estimate of drug-likeness (QED) is 0.672. The van der Waals surface area contributed by atoms with Crippen LogP contribution in [0.3, 0.4) is 0 Å². The molecule has 7 nitrogen and oxygen atoms in total. The summed E-state index contributed by atoms with van der Waals surface area (Å²) in [7, 11) is 0. The minimum absolute atomic E-state index is 0.0348. The van der Waals surface area contributed by atoms with Crippen molar-refractivity contribution in [2.45, 2.75) is 13.3 Å². The number of carbonyl (C=O) groups is 2. The number of H-pyrrole nitrogens is 1. The fourth-order valence-electron chi connectivity index (χ4n) is 1.87. The van der Waals surface area contributed by atoms with Gasteiger partial charge in [-0.1, -0.05) is 6.07 Å². The molecule has 0 radical (unpaired) electrons. The molecule has 0 bridgehead atoms. The molecule has 4 N–H and O–H groups in total. The van der Waals surface area contributed by atoms with Crippen molar-refractivity contribution >= 4 is 17.7 Å². The van der Waals surface area contributed by atoms with E-state index >= 15 is 0 Å². The van der Waals surface area contributed by atoms with Crippen LogP contribution in [-0.4, -0.2) is 33.6 Å². The number of carbonyl (C=O) groups excluding carboxylic acids is 1. The standard InChI is InChI=1S/C14H16N4O3/c1-9-8-11(12(17-9)13(19)20)18-14(21)16-7-5-10-4-2-3-6-15-10/h2-4,6,8,17H,5,7H2,1H3,(H,19,20)(H2,16,18,21). The number of nitrogens with zero attached hydrogens (tertiary/aromatic N) is 1. The lowest BCUT2D eigenvalue weighted by molar-refractivity contribution is 0.0692. The molecule has 110 valence electrons. The molecule has 0 atom stereocenters. The zero-order valence-corrected chi connectivity index (χ0v) is 11.5. The van der Waals surface area contributed by atoms with E-state index in [1.807, 2.05) is 18.2 Å². The van der Waals surface area contributed by atoms with Crippen molar-refractivity contribution in [2.24, 2.45) is 0 Å². The SMILES string of the molecule is Cc1cc(NC(=O)NCCc2ccccn2)c(C(=O)O)[nH]1. The summed E-state index contributed by atoms with van der Waals surface area (Å²) in [5.41, 5.74) is 1.75. The normalized spacial score (nSPS) is 10.1. The summed E-state index contributed by atoms with van der Waals surface area (Å²) in [5.74, 6) is -1.12. The Hall–Kier alpha value is -2.83. The lowest BCUT2D eigenvalue weighted by atomic mass is 10.3. The van der Waals surface area contributed by atoms with Crippen LogP contribution in [0.5, 0.6) is 0 Å². The number of pyridine rings is 1. The predicted octanol–water partition coefficient (Wildman–Crippen LogP) is 1.78. The summed E-state index contributed by atoms with van der Waals surface area (Å²) in [6.45, 7) is 2.13. The van der Waals surface area contributed by atoms with Crippen LogP contribution in [0.1, 0.15) is 21.9 Å². The molecule has 2 heterocycles. The Balaban J connectivity index is 1.86. The number of rotatable bonds is 5. The summed E-state index contributed by atoms with van der Waals surface area (Å²) in [4.78, 5) is 29.6. The van der Waals surface area contributed by atoms with Gasteiger partial charge in [0.25, 0.3) is 0 Å². The molecule has 2 amide bonds. The van der Waals surface area contributed by atoms with Crippen LogP contribution < -0.4 is 10.6 Å². The number of anilines is 1. The molecule has 0 saturated carbocycles. The van der Waals surface area contributed by atoms with Crippen molar-refractivity contribution < 1.29 is 14.7 Å². The Bertz CT molecular complexity index is 637. The molecule has 0 unspecified atom stereocenters. The number of carboxylic acid groups (broad SMARTS) is 1. The van der Waals surface area contributed by atoms with Gasteiger partial charge >= 0.3 is 12.0 Å². The van der Waals surface area contributed by atoms with Crippen LogP contribution in [0, 0.1) is 6.92 Å². The maximum atomic E-state index is 11.7. The lowest BCUT2D eigenvalue weighted by Gasteiger charge is -2.06. The van der Waals surface area contributed by atoms with Gasteiger partial charge in [-0.3, -0.25) is 4.98 Å². The van der Waals surface area contributed by atoms with Gasteiger partial charge in [-0.2, -0.15) is 0 Å². The highest BCUT2D eigenvalue weighted by Crippen LogP contribution is 2.16. The first kappa shape index (κ1) is 14.6. The van der Waals surface area contributed by atoms with E-state index in [9.17, 15) is 9.59 Å². The van der Waals surface area contributed by atoms with Crippen molar-refractivity contribution in [1.29, 1.82) is 0 Å². The minimum atomic E-state index is -1.12. The number of aromatic amines is 1. The Morgan fingerprint density at radius 1 is 1.38 bits per heavy atom. The maximum absolute atomic E-state index is 11.7. The first-order valence-electron chi connectivity index (χ1n) is 6.44. The van der Waals surface area contributed by atoms with E-state index in [0.717, 1.165) is 5.69 Å². The Labute approximate surface area is 121 Å². The predicted molar refractivity (Wildman–Crippen MR) is 77.5 cm³/mol. The molecule has 2 aromatic heterocycles. The van der Waals surface area contributed by atoms with E-state index in [0.29, 0.717) is 18.7 Å². The summed E-state index contributed by atoms with van der Waals surface area (Å²) in [6.07, 6.45) is 2.29. The monoisotopic (exact) mass is 288 g/mol. The molecule has 0 spiro atoms. The third-order valence-electron chi connectivity index (χ3n) is 2.81. The van der Waals surface area contributed by atoms with Crippen molar-refractivity contribution in [3.63, 3.8) is 0 Å². The Morgan fingerprint density at radius 2 is 2.19 bits per heavy atom. The topological polar surface area (TPSA) is 107 Å². The van der Waals surface area contributed by atoms with E-state index in [-0.39, 0.29) is 11.4 Å². The van der Waals surface area contributed by atoms with E-state index < -0.39 is 12.0 Å². The Morgan fingerprint density at radius 3 is 2.86 bits per heavy atom. The highest BCUT2D eigenvalue weighted by molar-refractivity contribution is 5.99. The molecule has 7 heteroatoms. The first-order chi connectivity index (χ1) is 10.1. The second-order valence-electron chi connectivity index (χ2n) is 4.50. The maximum Gasteiger partial charge on any atom is 0.354 e. The number of nitrogens with one attached hydrogen (secondary N) is 3. The van der Waals surface area contributed by atoms with Crippen LogP contribution >= 0.6 is 0 Å². The second-order valence-corrected chi connectivity index (χ2v) is 4.50. The van der Waals surface area contributed by atoms with Gasteiger partial charge in [0.2, 0.25) is 0 Å². The fourth-order valence-corrected chi connectivity index (χ4v) is 1.87. The molecular weight excluding hydrogens is 272 g/mol. The average molecular weight is 288 g/mol. The molecule has 0 saturated heterocycles. The number of hydrogen-bond donors (Lipinski definition) is 4. The van der Waals surface area contributed by atoms with Crippen molar-refractivity contribution in [3.8, 4) is 0 Å². The molecule has 0 aliphatic carbocycles. The van der Waals surface area contributed by atoms with E-state index in [2.05, 4.69) is 20.6 Å². The molecule has 0 aliphatic rings. The van der Waals surface area contributed by atoms with Gasteiger partial charge in [0, 0.05) is 30.6 Å². The van der Waals surface area contributed by atoms with Crippen molar-refractivity contribution in [2.75, 3.05) is 11.9 Å². The number of aromatic nitrogens is 2. The lowest BCUT2D eigenvalue weighted by Crippen LogP contribution is -2.31. The zero-order valence-electron chi connectivity index (χ0n) is 11.5. The van der Waals surface area contributed by atoms with Crippen LogP contribution in [0.25, 0.3) is 0 Å². The number of urea groups is 1. The summed E-state index contributed by atoms with van der Waals surface area (Å²) < 4.78 is 0. The van der Waals surface area contributed by atoms with Crippen molar-refractivity contribution in [1.82, 2.24) is 15.3 Å². The van der Waals surface area contributed by atoms with Gasteiger partial charge < -0.3 is 20.7 Å². The molecule has 0 aromatic carbocycles. The summed E-state index contributed by atoms with van der Waals surface area (Å²) >= 11 is 0. The van der Waals surface area contributed by atoms with E-state index in [1.165, 1.54) is 0 Å². The number of amides is 2. The van der Waals surface area contributed by atoms with Crippen molar-refractivity contribution in [3.05, 3.63) is 47.5 Å². The Kier molecular flexibility index (Phi) is 4.55. The van der Waals surface area contributed by atoms with Crippen LogP contribution in [0.4, 0.5) is 10.5 Å². The molecule has 0 fully saturated rings. The molecule has 2 aromatic rings. The number of aromatic carboxylic acids is 1. The zero-order chi connectivity index (χ0) is 15.2. The molecule has 21 heavy (non-hydrogen) atoms. The second kappa shape index (κ2) is 6.56. The smallest absolute Gasteiger partial charge is 0.354 e. The highest BCUT2D eigenvalue weighted by Gasteiger charge is 2.14. The molecular formula is C14H16N4O3. The van der Waals surface area contributed by atoms with Crippen LogP contribution in [0.15, 0.2) is 30.5 Å². The van der Waals surface area contributed by atoms with Gasteiger partial charge in [0.05, 0.1) is 5.69 Å². The first-order valence-corrected chi connectivity index (χ1v) is 6.44. The van der Waals surface area contributed by atoms with Gasteiger partial charge in [0.15, 0.2) is 0 Å². The third kappa shape index (κ3) is 4.07. The fraction of sp³-hybridized carbons (Fsp3) is 0.214. The van der Waals surface area contributed by atoms with Gasteiger partial charge in [-0.05, 0) is 25.1 Å². The molecule has 2 rings (SSSR count). The van der Waals surface area contributed by atoms with E-state index in [1.54, 1.807) is 19.2 Å². The van der Waals surface area contributed by atoms with Crippen LogP contribution in [-0.2, 0) is 6.42 Å². The van der Waals surface area contributed by atoms with Gasteiger partial charge in [-0.15, -0.1) is 0 Å².